The van der Waals surface area contributed by atoms with Crippen molar-refractivity contribution in [2.45, 2.75) is 10.9 Å². The third-order valence-corrected chi connectivity index (χ3v) is 5.04. The van der Waals surface area contributed by atoms with Gasteiger partial charge < -0.3 is 4.42 Å². The summed E-state index contributed by atoms with van der Waals surface area (Å²) >= 11 is 7.37. The van der Waals surface area contributed by atoms with Crippen molar-refractivity contribution >= 4 is 23.4 Å². The molecule has 136 valence electrons. The number of nitrogens with zero attached hydrogens (tertiary/aromatic N) is 3. The summed E-state index contributed by atoms with van der Waals surface area (Å²) in [5, 5.41) is 9.47. The standard InChI is InChI=1S/C19H12ClF2N3OS/c20-13-5-2-6-14(10-13)25-18(16-8-3-9-26-16)23-24-19(25)27-11-12-4-1-7-15(21)17(12)22/h1-10H,11H2. The molecule has 0 amide bonds. The fourth-order valence-electron chi connectivity index (χ4n) is 2.58. The van der Waals surface area contributed by atoms with Crippen LogP contribution in [0.5, 0.6) is 0 Å². The zero-order valence-corrected chi connectivity index (χ0v) is 15.3. The summed E-state index contributed by atoms with van der Waals surface area (Å²) in [6.07, 6.45) is 1.54. The molecule has 0 unspecified atom stereocenters. The summed E-state index contributed by atoms with van der Waals surface area (Å²) in [5.74, 6) is -0.512. The van der Waals surface area contributed by atoms with E-state index in [0.29, 0.717) is 21.8 Å². The van der Waals surface area contributed by atoms with Gasteiger partial charge in [-0.15, -0.1) is 10.2 Å². The van der Waals surface area contributed by atoms with Crippen molar-refractivity contribution in [1.29, 1.82) is 0 Å². The monoisotopic (exact) mass is 403 g/mol. The van der Waals surface area contributed by atoms with E-state index in [0.717, 1.165) is 11.8 Å². The van der Waals surface area contributed by atoms with Crippen LogP contribution in [0.3, 0.4) is 0 Å². The average molecular weight is 404 g/mol. The smallest absolute Gasteiger partial charge is 0.205 e. The normalized spacial score (nSPS) is 11.1. The van der Waals surface area contributed by atoms with Crippen LogP contribution in [0.4, 0.5) is 8.78 Å². The van der Waals surface area contributed by atoms with Crippen molar-refractivity contribution in [3.8, 4) is 17.3 Å². The highest BCUT2D eigenvalue weighted by molar-refractivity contribution is 7.98. The van der Waals surface area contributed by atoms with E-state index in [9.17, 15) is 8.78 Å². The Morgan fingerprint density at radius 3 is 2.67 bits per heavy atom. The molecule has 0 atom stereocenters. The molecular weight excluding hydrogens is 392 g/mol. The highest BCUT2D eigenvalue weighted by Crippen LogP contribution is 2.31. The predicted molar refractivity (Wildman–Crippen MR) is 100.0 cm³/mol. The highest BCUT2D eigenvalue weighted by Gasteiger charge is 2.19. The largest absolute Gasteiger partial charge is 0.461 e. The van der Waals surface area contributed by atoms with Crippen molar-refractivity contribution in [3.05, 3.63) is 83.1 Å². The van der Waals surface area contributed by atoms with Gasteiger partial charge in [-0.05, 0) is 36.4 Å². The van der Waals surface area contributed by atoms with E-state index in [-0.39, 0.29) is 11.3 Å². The van der Waals surface area contributed by atoms with Gasteiger partial charge in [-0.1, -0.05) is 41.6 Å². The van der Waals surface area contributed by atoms with Crippen LogP contribution < -0.4 is 0 Å². The van der Waals surface area contributed by atoms with Crippen molar-refractivity contribution < 1.29 is 13.2 Å². The Balaban J connectivity index is 1.73. The highest BCUT2D eigenvalue weighted by atomic mass is 35.5. The molecule has 0 bridgehead atoms. The fourth-order valence-corrected chi connectivity index (χ4v) is 3.69. The molecule has 0 aliphatic rings. The lowest BCUT2D eigenvalue weighted by Gasteiger charge is -2.10. The van der Waals surface area contributed by atoms with Gasteiger partial charge in [0.15, 0.2) is 22.6 Å². The minimum atomic E-state index is -0.874. The Hall–Kier alpha value is -2.64. The van der Waals surface area contributed by atoms with Gasteiger partial charge in [0.05, 0.1) is 12.0 Å². The molecule has 0 fully saturated rings. The fraction of sp³-hybridized carbons (Fsp3) is 0.0526. The van der Waals surface area contributed by atoms with E-state index < -0.39 is 11.6 Å². The molecule has 2 heterocycles. The molecule has 4 rings (SSSR count). The number of hydrogen-bond donors (Lipinski definition) is 0. The summed E-state index contributed by atoms with van der Waals surface area (Å²) in [4.78, 5) is 0. The van der Waals surface area contributed by atoms with Gasteiger partial charge in [0, 0.05) is 16.3 Å². The number of thioether (sulfide) groups is 1. The zero-order valence-electron chi connectivity index (χ0n) is 13.8. The second-order valence-corrected chi connectivity index (χ2v) is 6.98. The second kappa shape index (κ2) is 7.54. The van der Waals surface area contributed by atoms with Crippen LogP contribution in [-0.2, 0) is 5.75 Å². The summed E-state index contributed by atoms with van der Waals surface area (Å²) in [5.41, 5.74) is 0.987. The number of halogens is 3. The molecule has 8 heteroatoms. The van der Waals surface area contributed by atoms with Crippen LogP contribution in [0.25, 0.3) is 17.3 Å². The van der Waals surface area contributed by atoms with Gasteiger partial charge in [-0.25, -0.2) is 8.78 Å². The lowest BCUT2D eigenvalue weighted by atomic mass is 10.2. The lowest BCUT2D eigenvalue weighted by molar-refractivity contribution is 0.502. The third kappa shape index (κ3) is 3.61. The van der Waals surface area contributed by atoms with Gasteiger partial charge in [0.25, 0.3) is 0 Å². The van der Waals surface area contributed by atoms with Gasteiger partial charge in [-0.2, -0.15) is 0 Å². The number of furan rings is 1. The maximum atomic E-state index is 13.9. The Morgan fingerprint density at radius 2 is 1.89 bits per heavy atom. The predicted octanol–water partition coefficient (Wildman–Crippen LogP) is 5.75. The van der Waals surface area contributed by atoms with Crippen molar-refractivity contribution in [3.63, 3.8) is 0 Å². The molecule has 0 saturated heterocycles. The van der Waals surface area contributed by atoms with E-state index in [1.807, 2.05) is 12.1 Å². The summed E-state index contributed by atoms with van der Waals surface area (Å²) in [6.45, 7) is 0. The maximum Gasteiger partial charge on any atom is 0.205 e. The minimum Gasteiger partial charge on any atom is -0.461 e. The van der Waals surface area contributed by atoms with Crippen LogP contribution >= 0.6 is 23.4 Å². The second-order valence-electron chi connectivity index (χ2n) is 5.60. The van der Waals surface area contributed by atoms with Crippen LogP contribution in [0.1, 0.15) is 5.56 Å². The third-order valence-electron chi connectivity index (χ3n) is 3.83. The molecule has 0 spiro atoms. The maximum absolute atomic E-state index is 13.9. The number of aromatic nitrogens is 3. The molecule has 0 radical (unpaired) electrons. The van der Waals surface area contributed by atoms with Gasteiger partial charge in [0.2, 0.25) is 5.82 Å². The van der Waals surface area contributed by atoms with Gasteiger partial charge >= 0.3 is 0 Å². The van der Waals surface area contributed by atoms with E-state index in [1.54, 1.807) is 41.2 Å². The average Bonchev–Trinajstić information content (AvgIpc) is 3.32. The molecule has 2 aromatic heterocycles. The molecule has 4 nitrogen and oxygen atoms in total. The summed E-state index contributed by atoms with van der Waals surface area (Å²) in [6, 6.07) is 14.8. The summed E-state index contributed by atoms with van der Waals surface area (Å²) < 4.78 is 34.6. The van der Waals surface area contributed by atoms with Gasteiger partial charge in [0.1, 0.15) is 0 Å². The lowest BCUT2D eigenvalue weighted by Crippen LogP contribution is -2.00. The first-order valence-electron chi connectivity index (χ1n) is 7.94. The van der Waals surface area contributed by atoms with Crippen LogP contribution in [0.15, 0.2) is 70.4 Å². The Labute approximate surface area is 162 Å². The SMILES string of the molecule is Fc1cccc(CSc2nnc(-c3ccco3)n2-c2cccc(Cl)c2)c1F. The van der Waals surface area contributed by atoms with E-state index in [4.69, 9.17) is 16.0 Å². The Morgan fingerprint density at radius 1 is 1.04 bits per heavy atom. The zero-order chi connectivity index (χ0) is 18.8. The van der Waals surface area contributed by atoms with Crippen LogP contribution in [0, 0.1) is 11.6 Å². The number of rotatable bonds is 5. The Kier molecular flexibility index (Phi) is 4.96. The molecule has 0 N–H and O–H groups in total. The van der Waals surface area contributed by atoms with Crippen molar-refractivity contribution in [2.24, 2.45) is 0 Å². The van der Waals surface area contributed by atoms with Crippen LogP contribution in [-0.4, -0.2) is 14.8 Å². The van der Waals surface area contributed by atoms with E-state index in [2.05, 4.69) is 10.2 Å². The summed E-state index contributed by atoms with van der Waals surface area (Å²) in [7, 11) is 0. The molecular formula is C19H12ClF2N3OS. The molecule has 0 aliphatic carbocycles. The van der Waals surface area contributed by atoms with Crippen LogP contribution in [0.2, 0.25) is 5.02 Å². The van der Waals surface area contributed by atoms with Crippen molar-refractivity contribution in [2.75, 3.05) is 0 Å². The van der Waals surface area contributed by atoms with E-state index >= 15 is 0 Å². The van der Waals surface area contributed by atoms with E-state index in [1.165, 1.54) is 17.8 Å². The Bertz CT molecular complexity index is 1080. The van der Waals surface area contributed by atoms with Gasteiger partial charge in [-0.3, -0.25) is 4.57 Å². The molecule has 2 aromatic carbocycles. The molecule has 0 saturated carbocycles. The first kappa shape index (κ1) is 17.8. The topological polar surface area (TPSA) is 43.9 Å². The molecule has 4 aromatic rings. The molecule has 27 heavy (non-hydrogen) atoms. The molecule has 0 aliphatic heterocycles. The van der Waals surface area contributed by atoms with Crippen molar-refractivity contribution in [1.82, 2.24) is 14.8 Å². The first-order valence-corrected chi connectivity index (χ1v) is 9.31. The quantitative estimate of drug-likeness (QED) is 0.398. The minimum absolute atomic E-state index is 0.195. The number of hydrogen-bond acceptors (Lipinski definition) is 4. The first-order chi connectivity index (χ1) is 13.1. The number of benzene rings is 2.